The zero-order chi connectivity index (χ0) is 14.7. The Labute approximate surface area is 125 Å². The van der Waals surface area contributed by atoms with Gasteiger partial charge in [-0.15, -0.1) is 0 Å². The number of aromatic nitrogens is 1. The summed E-state index contributed by atoms with van der Waals surface area (Å²) >= 11 is 0. The van der Waals surface area contributed by atoms with Crippen molar-refractivity contribution in [2.45, 2.75) is 38.1 Å². The van der Waals surface area contributed by atoms with E-state index in [1.165, 1.54) is 25.7 Å². The molecule has 1 atom stereocenters. The van der Waals surface area contributed by atoms with Gasteiger partial charge in [0, 0.05) is 29.7 Å². The molecule has 4 N–H and O–H groups in total. The topological polar surface area (TPSA) is 70.9 Å². The molecule has 1 fully saturated rings. The second-order valence-corrected chi connectivity index (χ2v) is 5.99. The molecule has 1 amide bonds. The van der Waals surface area contributed by atoms with Crippen LogP contribution in [-0.2, 0) is 11.2 Å². The number of H-pyrrole nitrogens is 1. The molecule has 0 saturated heterocycles. The molecule has 1 unspecified atom stereocenters. The molecule has 21 heavy (non-hydrogen) atoms. The number of carbonyl (C=O) groups excluding carboxylic acids is 1. The van der Waals surface area contributed by atoms with Crippen molar-refractivity contribution in [1.82, 2.24) is 10.3 Å². The monoisotopic (exact) mass is 285 g/mol. The number of hydrogen-bond acceptors (Lipinski definition) is 2. The van der Waals surface area contributed by atoms with Crippen LogP contribution in [0.2, 0.25) is 0 Å². The number of nitrogens with one attached hydrogen (secondary N) is 2. The second kappa shape index (κ2) is 6.31. The molecule has 0 aliphatic heterocycles. The predicted molar refractivity (Wildman–Crippen MR) is 84.9 cm³/mol. The van der Waals surface area contributed by atoms with E-state index in [9.17, 15) is 4.79 Å². The number of benzene rings is 1. The summed E-state index contributed by atoms with van der Waals surface area (Å²) in [6.45, 7) is 0.532. The number of hydrogen-bond donors (Lipinski definition) is 3. The van der Waals surface area contributed by atoms with Crippen molar-refractivity contribution in [3.8, 4) is 0 Å². The number of carbonyl (C=O) groups is 1. The molecule has 4 nitrogen and oxygen atoms in total. The van der Waals surface area contributed by atoms with Crippen LogP contribution in [0.3, 0.4) is 0 Å². The van der Waals surface area contributed by atoms with E-state index in [2.05, 4.69) is 10.3 Å². The van der Waals surface area contributed by atoms with Gasteiger partial charge in [-0.05, 0) is 30.4 Å². The van der Waals surface area contributed by atoms with Gasteiger partial charge in [-0.1, -0.05) is 31.0 Å². The summed E-state index contributed by atoms with van der Waals surface area (Å²) in [5, 5.41) is 4.26. The van der Waals surface area contributed by atoms with Crippen molar-refractivity contribution >= 4 is 16.8 Å². The molecule has 1 saturated carbocycles. The van der Waals surface area contributed by atoms with E-state index in [0.29, 0.717) is 18.9 Å². The Morgan fingerprint density at radius 3 is 2.86 bits per heavy atom. The Bertz CT molecular complexity index is 613. The van der Waals surface area contributed by atoms with Crippen molar-refractivity contribution in [1.29, 1.82) is 0 Å². The molecular weight excluding hydrogens is 262 g/mol. The lowest BCUT2D eigenvalue weighted by Crippen LogP contribution is -2.45. The maximum absolute atomic E-state index is 12.3. The quantitative estimate of drug-likeness (QED) is 0.789. The van der Waals surface area contributed by atoms with Crippen LogP contribution in [0.1, 0.15) is 31.2 Å². The van der Waals surface area contributed by atoms with Crippen molar-refractivity contribution in [3.63, 3.8) is 0 Å². The first-order valence-corrected chi connectivity index (χ1v) is 7.82. The lowest BCUT2D eigenvalue weighted by atomic mass is 9.98. The molecule has 1 aromatic heterocycles. The fourth-order valence-electron chi connectivity index (χ4n) is 3.44. The third-order valence-corrected chi connectivity index (χ3v) is 4.60. The van der Waals surface area contributed by atoms with E-state index >= 15 is 0 Å². The van der Waals surface area contributed by atoms with E-state index < -0.39 is 0 Å². The highest BCUT2D eigenvalue weighted by Crippen LogP contribution is 2.27. The van der Waals surface area contributed by atoms with E-state index in [-0.39, 0.29) is 11.9 Å². The molecule has 2 aromatic rings. The number of nitrogens with two attached hydrogens (primary N) is 1. The van der Waals surface area contributed by atoms with Gasteiger partial charge in [-0.2, -0.15) is 0 Å². The van der Waals surface area contributed by atoms with Crippen LogP contribution < -0.4 is 11.1 Å². The third kappa shape index (κ3) is 3.10. The van der Waals surface area contributed by atoms with Gasteiger partial charge in [0.25, 0.3) is 0 Å². The molecule has 112 valence electrons. The first-order chi connectivity index (χ1) is 10.3. The lowest BCUT2D eigenvalue weighted by molar-refractivity contribution is -0.121. The van der Waals surface area contributed by atoms with Gasteiger partial charge in [0.1, 0.15) is 0 Å². The molecule has 0 bridgehead atoms. The standard InChI is InChI=1S/C17H23N3O/c18-10-16(12-5-1-2-6-12)20-17(21)9-13-11-19-15-8-4-3-7-14(13)15/h3-4,7-8,11-12,16,19H,1-2,5-6,9-10,18H2,(H,20,21). The van der Waals surface area contributed by atoms with Gasteiger partial charge in [0.05, 0.1) is 6.42 Å². The van der Waals surface area contributed by atoms with Gasteiger partial charge in [-0.3, -0.25) is 4.79 Å². The van der Waals surface area contributed by atoms with Crippen LogP contribution >= 0.6 is 0 Å². The van der Waals surface area contributed by atoms with Crippen LogP contribution in [0.4, 0.5) is 0 Å². The van der Waals surface area contributed by atoms with Crippen molar-refractivity contribution in [2.24, 2.45) is 11.7 Å². The third-order valence-electron chi connectivity index (χ3n) is 4.60. The highest BCUT2D eigenvalue weighted by Gasteiger charge is 2.25. The Kier molecular flexibility index (Phi) is 4.25. The van der Waals surface area contributed by atoms with Crippen molar-refractivity contribution in [3.05, 3.63) is 36.0 Å². The smallest absolute Gasteiger partial charge is 0.224 e. The Morgan fingerprint density at radius 1 is 1.33 bits per heavy atom. The molecule has 0 spiro atoms. The van der Waals surface area contributed by atoms with Crippen LogP contribution in [-0.4, -0.2) is 23.5 Å². The zero-order valence-electron chi connectivity index (χ0n) is 12.3. The van der Waals surface area contributed by atoms with Crippen molar-refractivity contribution < 1.29 is 4.79 Å². The minimum atomic E-state index is 0.0714. The van der Waals surface area contributed by atoms with Crippen LogP contribution in [0, 0.1) is 5.92 Å². The minimum Gasteiger partial charge on any atom is -0.361 e. The number of fused-ring (bicyclic) bond motifs is 1. The number of rotatable bonds is 5. The van der Waals surface area contributed by atoms with Crippen LogP contribution in [0.15, 0.2) is 30.5 Å². The average Bonchev–Trinajstić information content (AvgIpc) is 3.15. The van der Waals surface area contributed by atoms with Gasteiger partial charge >= 0.3 is 0 Å². The highest BCUT2D eigenvalue weighted by atomic mass is 16.1. The maximum Gasteiger partial charge on any atom is 0.224 e. The molecule has 1 aliphatic carbocycles. The first kappa shape index (κ1) is 14.1. The maximum atomic E-state index is 12.3. The Balaban J connectivity index is 1.65. The summed E-state index contributed by atoms with van der Waals surface area (Å²) in [6.07, 6.45) is 7.24. The first-order valence-electron chi connectivity index (χ1n) is 7.82. The molecule has 1 aromatic carbocycles. The predicted octanol–water partition coefficient (Wildman–Crippen LogP) is 2.34. The molecule has 1 aliphatic rings. The normalized spacial score (nSPS) is 17.2. The molecule has 1 heterocycles. The molecule has 4 heteroatoms. The van der Waals surface area contributed by atoms with Crippen LogP contribution in [0.25, 0.3) is 10.9 Å². The van der Waals surface area contributed by atoms with Gasteiger partial charge in [0.15, 0.2) is 0 Å². The Hall–Kier alpha value is -1.81. The summed E-state index contributed by atoms with van der Waals surface area (Å²) in [4.78, 5) is 15.5. The average molecular weight is 285 g/mol. The second-order valence-electron chi connectivity index (χ2n) is 5.99. The summed E-state index contributed by atoms with van der Waals surface area (Å²) in [5.41, 5.74) is 7.97. The molecular formula is C17H23N3O. The summed E-state index contributed by atoms with van der Waals surface area (Å²) in [5.74, 6) is 0.629. The summed E-state index contributed by atoms with van der Waals surface area (Å²) in [6, 6.07) is 8.20. The SMILES string of the molecule is NCC(NC(=O)Cc1c[nH]c2ccccc12)C1CCCC1. The van der Waals surface area contributed by atoms with E-state index in [1.807, 2.05) is 30.5 Å². The highest BCUT2D eigenvalue weighted by molar-refractivity contribution is 5.88. The Morgan fingerprint density at radius 2 is 2.10 bits per heavy atom. The van der Waals surface area contributed by atoms with E-state index in [1.54, 1.807) is 0 Å². The largest absolute Gasteiger partial charge is 0.361 e. The van der Waals surface area contributed by atoms with E-state index in [0.717, 1.165) is 16.5 Å². The minimum absolute atomic E-state index is 0.0714. The van der Waals surface area contributed by atoms with Gasteiger partial charge in [-0.25, -0.2) is 0 Å². The van der Waals surface area contributed by atoms with Gasteiger partial charge < -0.3 is 16.0 Å². The fourth-order valence-corrected chi connectivity index (χ4v) is 3.44. The molecule has 3 rings (SSSR count). The van der Waals surface area contributed by atoms with E-state index in [4.69, 9.17) is 5.73 Å². The number of aromatic amines is 1. The molecule has 0 radical (unpaired) electrons. The van der Waals surface area contributed by atoms with Crippen molar-refractivity contribution in [2.75, 3.05) is 6.54 Å². The summed E-state index contributed by atoms with van der Waals surface area (Å²) < 4.78 is 0. The van der Waals surface area contributed by atoms with Gasteiger partial charge in [0.2, 0.25) is 5.91 Å². The van der Waals surface area contributed by atoms with Crippen LogP contribution in [0.5, 0.6) is 0 Å². The number of amides is 1. The summed E-state index contributed by atoms with van der Waals surface area (Å²) in [7, 11) is 0. The zero-order valence-corrected chi connectivity index (χ0v) is 12.3. The lowest BCUT2D eigenvalue weighted by Gasteiger charge is -2.23. The fraction of sp³-hybridized carbons (Fsp3) is 0.471. The number of para-hydroxylation sites is 1.